The van der Waals surface area contributed by atoms with Crippen LogP contribution < -0.4 is 0 Å². The molecular formula is C14H16O8. The van der Waals surface area contributed by atoms with Crippen LogP contribution in [0.15, 0.2) is 11.1 Å². The highest BCUT2D eigenvalue weighted by Gasteiger charge is 2.45. The molecule has 0 aromatic carbocycles. The number of carboxylic acids is 4. The molecular weight excluding hydrogens is 296 g/mol. The first-order valence-electron chi connectivity index (χ1n) is 6.83. The number of hydrogen-bond acceptors (Lipinski definition) is 4. The minimum absolute atomic E-state index is 0.0300. The first-order valence-corrected chi connectivity index (χ1v) is 6.83. The first-order chi connectivity index (χ1) is 10.2. The molecule has 0 saturated heterocycles. The Hall–Kier alpha value is -2.38. The molecule has 4 N–H and O–H groups in total. The zero-order valence-corrected chi connectivity index (χ0v) is 11.6. The standard InChI is InChI=1S/C14H16O8/c15-11(16)7-1-5-2-9(13(19)20)10(14(21)22)4-6(5)3-8(7)12(17)18/h7-10H,1-4H2,(H,15,16)(H,17,18)(H,19,20)(H,21,22)/t7-,8-,9-,10+/m0/s1. The van der Waals surface area contributed by atoms with E-state index in [1.54, 1.807) is 0 Å². The summed E-state index contributed by atoms with van der Waals surface area (Å²) in [4.78, 5) is 44.9. The van der Waals surface area contributed by atoms with Crippen molar-refractivity contribution in [2.75, 3.05) is 0 Å². The minimum Gasteiger partial charge on any atom is -0.481 e. The summed E-state index contributed by atoms with van der Waals surface area (Å²) in [7, 11) is 0. The number of aliphatic carboxylic acids is 4. The molecule has 2 aliphatic carbocycles. The van der Waals surface area contributed by atoms with E-state index in [9.17, 15) is 19.2 Å². The van der Waals surface area contributed by atoms with Crippen molar-refractivity contribution in [2.45, 2.75) is 25.7 Å². The molecule has 8 heteroatoms. The Labute approximate surface area is 125 Å². The quantitative estimate of drug-likeness (QED) is 0.553. The Balaban J connectivity index is 2.35. The number of allylic oxidation sites excluding steroid dienone is 2. The van der Waals surface area contributed by atoms with Crippen LogP contribution >= 0.6 is 0 Å². The van der Waals surface area contributed by atoms with Crippen molar-refractivity contribution >= 4 is 23.9 Å². The Bertz CT molecular complexity index is 477. The zero-order chi connectivity index (χ0) is 16.6. The summed E-state index contributed by atoms with van der Waals surface area (Å²) >= 11 is 0. The van der Waals surface area contributed by atoms with Crippen molar-refractivity contribution in [2.24, 2.45) is 23.7 Å². The third-order valence-electron chi connectivity index (χ3n) is 4.61. The minimum atomic E-state index is -1.23. The largest absolute Gasteiger partial charge is 0.481 e. The van der Waals surface area contributed by atoms with Gasteiger partial charge in [-0.05, 0) is 25.7 Å². The summed E-state index contributed by atoms with van der Waals surface area (Å²) < 4.78 is 0. The highest BCUT2D eigenvalue weighted by molar-refractivity contribution is 5.83. The van der Waals surface area contributed by atoms with Gasteiger partial charge in [-0.3, -0.25) is 19.2 Å². The van der Waals surface area contributed by atoms with E-state index in [2.05, 4.69) is 0 Å². The molecule has 22 heavy (non-hydrogen) atoms. The van der Waals surface area contributed by atoms with Gasteiger partial charge in [0.1, 0.15) is 0 Å². The number of carboxylic acid groups (broad SMARTS) is 4. The lowest BCUT2D eigenvalue weighted by molar-refractivity contribution is -0.156. The van der Waals surface area contributed by atoms with Crippen molar-refractivity contribution in [1.29, 1.82) is 0 Å². The van der Waals surface area contributed by atoms with Gasteiger partial charge in [0.25, 0.3) is 0 Å². The van der Waals surface area contributed by atoms with Crippen molar-refractivity contribution in [1.82, 2.24) is 0 Å². The molecule has 0 radical (unpaired) electrons. The lowest BCUT2D eigenvalue weighted by Crippen LogP contribution is -2.39. The summed E-state index contributed by atoms with van der Waals surface area (Å²) in [6.45, 7) is 0. The topological polar surface area (TPSA) is 149 Å². The van der Waals surface area contributed by atoms with Gasteiger partial charge in [-0.25, -0.2) is 0 Å². The number of carbonyl (C=O) groups is 4. The second kappa shape index (κ2) is 5.78. The van der Waals surface area contributed by atoms with Crippen LogP contribution in [0.5, 0.6) is 0 Å². The summed E-state index contributed by atoms with van der Waals surface area (Å²) in [5.74, 6) is -9.34. The van der Waals surface area contributed by atoms with Gasteiger partial charge >= 0.3 is 23.9 Å². The molecule has 0 aromatic heterocycles. The first kappa shape index (κ1) is 16.0. The predicted octanol–water partition coefficient (Wildman–Crippen LogP) is 0.674. The van der Waals surface area contributed by atoms with E-state index in [1.807, 2.05) is 0 Å². The van der Waals surface area contributed by atoms with Gasteiger partial charge in [0.2, 0.25) is 0 Å². The fraction of sp³-hybridized carbons (Fsp3) is 0.571. The molecule has 2 aliphatic rings. The van der Waals surface area contributed by atoms with Gasteiger partial charge in [0.05, 0.1) is 23.7 Å². The molecule has 0 spiro atoms. The molecule has 8 nitrogen and oxygen atoms in total. The van der Waals surface area contributed by atoms with Crippen LogP contribution in [0.1, 0.15) is 25.7 Å². The Kier molecular flexibility index (Phi) is 4.20. The number of rotatable bonds is 4. The average Bonchev–Trinajstić information content (AvgIpc) is 2.43. The second-order valence-electron chi connectivity index (χ2n) is 5.80. The Morgan fingerprint density at radius 3 is 0.864 bits per heavy atom. The van der Waals surface area contributed by atoms with Crippen molar-refractivity contribution < 1.29 is 39.6 Å². The van der Waals surface area contributed by atoms with Gasteiger partial charge in [-0.2, -0.15) is 0 Å². The molecule has 0 fully saturated rings. The van der Waals surface area contributed by atoms with E-state index < -0.39 is 47.5 Å². The van der Waals surface area contributed by atoms with E-state index in [0.717, 1.165) is 0 Å². The molecule has 0 bridgehead atoms. The van der Waals surface area contributed by atoms with E-state index in [1.165, 1.54) is 0 Å². The van der Waals surface area contributed by atoms with Crippen molar-refractivity contribution in [3.05, 3.63) is 11.1 Å². The fourth-order valence-corrected chi connectivity index (χ4v) is 3.41. The molecule has 120 valence electrons. The monoisotopic (exact) mass is 312 g/mol. The van der Waals surface area contributed by atoms with E-state index in [0.29, 0.717) is 11.1 Å². The SMILES string of the molecule is O=C(O)[C@H]1CC2=C(C[C@@H]1C(=O)O)C[C@@H](C(=O)O)[C@@H](C(=O)O)C2. The lowest BCUT2D eigenvalue weighted by Gasteiger charge is -2.37. The fourth-order valence-electron chi connectivity index (χ4n) is 3.41. The van der Waals surface area contributed by atoms with Crippen LogP contribution in [-0.4, -0.2) is 44.3 Å². The van der Waals surface area contributed by atoms with Crippen LogP contribution in [0.4, 0.5) is 0 Å². The van der Waals surface area contributed by atoms with E-state index in [-0.39, 0.29) is 25.7 Å². The maximum absolute atomic E-state index is 11.2. The smallest absolute Gasteiger partial charge is 0.307 e. The maximum atomic E-state index is 11.2. The highest BCUT2D eigenvalue weighted by atomic mass is 16.4. The van der Waals surface area contributed by atoms with Crippen LogP contribution in [0.3, 0.4) is 0 Å². The molecule has 0 unspecified atom stereocenters. The Morgan fingerprint density at radius 1 is 0.545 bits per heavy atom. The van der Waals surface area contributed by atoms with Crippen LogP contribution in [-0.2, 0) is 19.2 Å². The Morgan fingerprint density at radius 2 is 0.727 bits per heavy atom. The third-order valence-corrected chi connectivity index (χ3v) is 4.61. The molecule has 0 amide bonds. The van der Waals surface area contributed by atoms with Crippen molar-refractivity contribution in [3.8, 4) is 0 Å². The molecule has 0 heterocycles. The van der Waals surface area contributed by atoms with E-state index >= 15 is 0 Å². The third kappa shape index (κ3) is 2.81. The summed E-state index contributed by atoms with van der Waals surface area (Å²) in [5.41, 5.74) is 1.18. The predicted molar refractivity (Wildman–Crippen MR) is 70.0 cm³/mol. The molecule has 0 aliphatic heterocycles. The van der Waals surface area contributed by atoms with Gasteiger partial charge in [-0.15, -0.1) is 0 Å². The van der Waals surface area contributed by atoms with Gasteiger partial charge in [-0.1, -0.05) is 11.1 Å². The van der Waals surface area contributed by atoms with Crippen LogP contribution in [0.25, 0.3) is 0 Å². The molecule has 2 rings (SSSR count). The summed E-state index contributed by atoms with van der Waals surface area (Å²) in [6, 6.07) is 0. The zero-order valence-electron chi connectivity index (χ0n) is 11.6. The van der Waals surface area contributed by atoms with Crippen molar-refractivity contribution in [3.63, 3.8) is 0 Å². The molecule has 0 saturated carbocycles. The number of hydrogen-bond donors (Lipinski definition) is 4. The van der Waals surface area contributed by atoms with Gasteiger partial charge in [0, 0.05) is 0 Å². The molecule has 0 aromatic rings. The highest BCUT2D eigenvalue weighted by Crippen LogP contribution is 2.45. The summed E-state index contributed by atoms with van der Waals surface area (Å²) in [5, 5.41) is 36.7. The normalized spacial score (nSPS) is 31.3. The van der Waals surface area contributed by atoms with Gasteiger partial charge < -0.3 is 20.4 Å². The second-order valence-corrected chi connectivity index (χ2v) is 5.80. The average molecular weight is 312 g/mol. The van der Waals surface area contributed by atoms with Crippen LogP contribution in [0.2, 0.25) is 0 Å². The maximum Gasteiger partial charge on any atom is 0.307 e. The van der Waals surface area contributed by atoms with E-state index in [4.69, 9.17) is 20.4 Å². The van der Waals surface area contributed by atoms with Gasteiger partial charge in [0.15, 0.2) is 0 Å². The molecule has 4 atom stereocenters. The lowest BCUT2D eigenvalue weighted by atomic mass is 9.66. The summed E-state index contributed by atoms with van der Waals surface area (Å²) in [6.07, 6.45) is -0.120. The van der Waals surface area contributed by atoms with Crippen LogP contribution in [0, 0.1) is 23.7 Å².